The first-order chi connectivity index (χ1) is 14.0. The Morgan fingerprint density at radius 2 is 2.10 bits per heavy atom. The number of carbonyl (C=O) groups is 1. The van der Waals surface area contributed by atoms with E-state index in [1.807, 2.05) is 4.57 Å². The lowest BCUT2D eigenvalue weighted by molar-refractivity contribution is -0.0589. The zero-order chi connectivity index (χ0) is 20.5. The molecule has 1 aromatic heterocycles. The van der Waals surface area contributed by atoms with Gasteiger partial charge in [0.1, 0.15) is 17.2 Å². The van der Waals surface area contributed by atoms with E-state index in [2.05, 4.69) is 20.9 Å². The smallest absolute Gasteiger partial charge is 0.338 e. The number of fused-ring (bicyclic) bond motifs is 1. The molecule has 29 heavy (non-hydrogen) atoms. The number of halogens is 3. The summed E-state index contributed by atoms with van der Waals surface area (Å²) in [4.78, 5) is 16.5. The second kappa shape index (κ2) is 8.20. The van der Waals surface area contributed by atoms with Gasteiger partial charge in [-0.2, -0.15) is 0 Å². The standard InChI is InChI=1S/C21H19BrF2N2O3/c1-2-28-21(27)13-7-17(24)20-18(8-13)26(11-15-5-6-29-15)19(25-20)9-12-3-4-14(22)10-16(12)23/h3-4,7-8,10,15H,2,5-6,9,11H2,1H3. The highest BCUT2D eigenvalue weighted by Gasteiger charge is 2.24. The summed E-state index contributed by atoms with van der Waals surface area (Å²) < 4.78 is 42.1. The van der Waals surface area contributed by atoms with Crippen LogP contribution in [-0.4, -0.2) is 34.8 Å². The van der Waals surface area contributed by atoms with E-state index in [9.17, 15) is 13.6 Å². The maximum Gasteiger partial charge on any atom is 0.338 e. The maximum absolute atomic E-state index is 14.7. The number of hydrogen-bond acceptors (Lipinski definition) is 4. The van der Waals surface area contributed by atoms with E-state index >= 15 is 0 Å². The summed E-state index contributed by atoms with van der Waals surface area (Å²) in [5.41, 5.74) is 1.18. The number of nitrogens with zero attached hydrogens (tertiary/aromatic N) is 2. The Morgan fingerprint density at radius 1 is 1.31 bits per heavy atom. The van der Waals surface area contributed by atoms with Crippen LogP contribution in [0.25, 0.3) is 11.0 Å². The van der Waals surface area contributed by atoms with Crippen molar-refractivity contribution in [1.82, 2.24) is 9.55 Å². The zero-order valence-electron chi connectivity index (χ0n) is 15.8. The van der Waals surface area contributed by atoms with E-state index in [1.165, 1.54) is 6.07 Å². The molecule has 4 rings (SSSR count). The average Bonchev–Trinajstić information content (AvgIpc) is 2.98. The molecule has 1 fully saturated rings. The molecule has 0 bridgehead atoms. The molecule has 5 nitrogen and oxygen atoms in total. The Morgan fingerprint density at radius 3 is 2.76 bits per heavy atom. The normalized spacial score (nSPS) is 16.1. The Bertz CT molecular complexity index is 1080. The van der Waals surface area contributed by atoms with Crippen LogP contribution in [0.3, 0.4) is 0 Å². The Balaban J connectivity index is 1.80. The summed E-state index contributed by atoms with van der Waals surface area (Å²) in [7, 11) is 0. The minimum atomic E-state index is -0.614. The molecule has 3 aromatic rings. The van der Waals surface area contributed by atoms with Crippen LogP contribution >= 0.6 is 15.9 Å². The van der Waals surface area contributed by atoms with Crippen LogP contribution in [0.15, 0.2) is 34.8 Å². The Hall–Kier alpha value is -2.32. The second-order valence-electron chi connectivity index (χ2n) is 6.88. The van der Waals surface area contributed by atoms with Crippen molar-refractivity contribution in [3.63, 3.8) is 0 Å². The topological polar surface area (TPSA) is 53.3 Å². The summed E-state index contributed by atoms with van der Waals surface area (Å²) in [6.07, 6.45) is 1.05. The molecule has 8 heteroatoms. The van der Waals surface area contributed by atoms with Gasteiger partial charge >= 0.3 is 5.97 Å². The number of aromatic nitrogens is 2. The minimum Gasteiger partial charge on any atom is -0.462 e. The van der Waals surface area contributed by atoms with E-state index in [0.29, 0.717) is 34.5 Å². The van der Waals surface area contributed by atoms with Crippen LogP contribution in [-0.2, 0) is 22.4 Å². The number of imidazole rings is 1. The third-order valence-corrected chi connectivity index (χ3v) is 5.43. The molecule has 0 radical (unpaired) electrons. The molecule has 2 aromatic carbocycles. The summed E-state index contributed by atoms with van der Waals surface area (Å²) in [6.45, 7) is 3.02. The summed E-state index contributed by atoms with van der Waals surface area (Å²) in [5, 5.41) is 0. The molecule has 0 saturated carbocycles. The number of benzene rings is 2. The van der Waals surface area contributed by atoms with Gasteiger partial charge < -0.3 is 14.0 Å². The first-order valence-corrected chi connectivity index (χ1v) is 10.2. The molecule has 1 unspecified atom stereocenters. The van der Waals surface area contributed by atoms with Crippen LogP contribution < -0.4 is 0 Å². The Labute approximate surface area is 174 Å². The monoisotopic (exact) mass is 464 g/mol. The van der Waals surface area contributed by atoms with E-state index < -0.39 is 11.8 Å². The number of hydrogen-bond donors (Lipinski definition) is 0. The molecular formula is C21H19BrF2N2O3. The number of esters is 1. The number of rotatable bonds is 6. The molecule has 1 atom stereocenters. The van der Waals surface area contributed by atoms with Crippen LogP contribution in [0.5, 0.6) is 0 Å². The number of ether oxygens (including phenoxy) is 2. The lowest BCUT2D eigenvalue weighted by atomic mass is 10.1. The van der Waals surface area contributed by atoms with Gasteiger partial charge in [0, 0.05) is 17.5 Å². The highest BCUT2D eigenvalue weighted by molar-refractivity contribution is 9.10. The van der Waals surface area contributed by atoms with Gasteiger partial charge in [-0.1, -0.05) is 22.0 Å². The van der Waals surface area contributed by atoms with Gasteiger partial charge in [-0.05, 0) is 43.2 Å². The Kier molecular flexibility index (Phi) is 5.65. The van der Waals surface area contributed by atoms with Crippen molar-refractivity contribution in [2.45, 2.75) is 32.4 Å². The number of carbonyl (C=O) groups excluding carboxylic acids is 1. The van der Waals surface area contributed by atoms with Crippen molar-refractivity contribution in [1.29, 1.82) is 0 Å². The predicted octanol–water partition coefficient (Wildman–Crippen LogP) is 4.63. The highest BCUT2D eigenvalue weighted by Crippen LogP contribution is 2.27. The van der Waals surface area contributed by atoms with Crippen LogP contribution in [0, 0.1) is 11.6 Å². The molecule has 1 aliphatic rings. The maximum atomic E-state index is 14.7. The van der Waals surface area contributed by atoms with E-state index in [1.54, 1.807) is 25.1 Å². The van der Waals surface area contributed by atoms with E-state index in [4.69, 9.17) is 9.47 Å². The molecule has 0 N–H and O–H groups in total. The van der Waals surface area contributed by atoms with Gasteiger partial charge in [-0.25, -0.2) is 18.6 Å². The van der Waals surface area contributed by atoms with Gasteiger partial charge in [0.25, 0.3) is 0 Å². The third kappa shape index (κ3) is 4.04. The zero-order valence-corrected chi connectivity index (χ0v) is 17.3. The van der Waals surface area contributed by atoms with Crippen LogP contribution in [0.4, 0.5) is 8.78 Å². The van der Waals surface area contributed by atoms with Crippen LogP contribution in [0.1, 0.15) is 35.1 Å². The molecule has 1 aliphatic heterocycles. The van der Waals surface area contributed by atoms with Crippen molar-refractivity contribution in [3.8, 4) is 0 Å². The molecular weight excluding hydrogens is 446 g/mol. The quantitative estimate of drug-likeness (QED) is 0.499. The molecule has 2 heterocycles. The van der Waals surface area contributed by atoms with Crippen LogP contribution in [0.2, 0.25) is 0 Å². The predicted molar refractivity (Wildman–Crippen MR) is 107 cm³/mol. The fourth-order valence-electron chi connectivity index (χ4n) is 3.37. The van der Waals surface area contributed by atoms with Crippen molar-refractivity contribution in [2.24, 2.45) is 0 Å². The lowest BCUT2D eigenvalue weighted by Gasteiger charge is -2.27. The highest BCUT2D eigenvalue weighted by atomic mass is 79.9. The van der Waals surface area contributed by atoms with Gasteiger partial charge in [0.05, 0.1) is 30.3 Å². The van der Waals surface area contributed by atoms with Crippen molar-refractivity contribution < 1.29 is 23.0 Å². The molecule has 152 valence electrons. The summed E-state index contributed by atoms with van der Waals surface area (Å²) in [6, 6.07) is 7.51. The van der Waals surface area contributed by atoms with Gasteiger partial charge in [0.15, 0.2) is 5.82 Å². The van der Waals surface area contributed by atoms with Gasteiger partial charge in [-0.3, -0.25) is 0 Å². The second-order valence-corrected chi connectivity index (χ2v) is 7.79. The third-order valence-electron chi connectivity index (χ3n) is 4.94. The largest absolute Gasteiger partial charge is 0.462 e. The van der Waals surface area contributed by atoms with Crippen molar-refractivity contribution >= 4 is 32.9 Å². The molecule has 0 amide bonds. The first kappa shape index (κ1) is 20.0. The SMILES string of the molecule is CCOC(=O)c1cc(F)c2nc(Cc3ccc(Br)cc3F)n(CC3CCO3)c2c1. The summed E-state index contributed by atoms with van der Waals surface area (Å²) in [5.74, 6) is -1.07. The fourth-order valence-corrected chi connectivity index (χ4v) is 3.70. The lowest BCUT2D eigenvalue weighted by Crippen LogP contribution is -2.31. The van der Waals surface area contributed by atoms with Crippen molar-refractivity contribution in [2.75, 3.05) is 13.2 Å². The first-order valence-electron chi connectivity index (χ1n) is 9.37. The minimum absolute atomic E-state index is 0.0183. The molecule has 0 aliphatic carbocycles. The fraction of sp³-hybridized carbons (Fsp3) is 0.333. The van der Waals surface area contributed by atoms with E-state index in [-0.39, 0.29) is 36.0 Å². The van der Waals surface area contributed by atoms with E-state index in [0.717, 1.165) is 12.5 Å². The molecule has 1 saturated heterocycles. The average molecular weight is 465 g/mol. The summed E-state index contributed by atoms with van der Waals surface area (Å²) >= 11 is 3.25. The van der Waals surface area contributed by atoms with Gasteiger partial charge in [0.2, 0.25) is 0 Å². The molecule has 0 spiro atoms. The van der Waals surface area contributed by atoms with Gasteiger partial charge in [-0.15, -0.1) is 0 Å². The van der Waals surface area contributed by atoms with Crippen molar-refractivity contribution in [3.05, 3.63) is 63.4 Å².